The van der Waals surface area contributed by atoms with Crippen LogP contribution in [0.3, 0.4) is 0 Å². The highest BCUT2D eigenvalue weighted by molar-refractivity contribution is 6.05. The number of carbonyl (C=O) groups is 2. The first kappa shape index (κ1) is 21.0. The number of anilines is 1. The van der Waals surface area contributed by atoms with Crippen LogP contribution in [0.1, 0.15) is 0 Å². The van der Waals surface area contributed by atoms with E-state index in [-0.39, 0.29) is 17.0 Å². The number of rotatable bonds is 5. The van der Waals surface area contributed by atoms with Gasteiger partial charge in [0.1, 0.15) is 5.70 Å². The van der Waals surface area contributed by atoms with Crippen LogP contribution in [0, 0.1) is 5.82 Å². The summed E-state index contributed by atoms with van der Waals surface area (Å²) < 4.78 is 64.7. The molecular weight excluding hydrogens is 386 g/mol. The standard InChI is InChI=1S/C18H15F4NO5/c1-26-16(24)12-5-3-4-8-23(15(12)17(25)27-2)11-6-7-14(13(19)9-11)28-10-18(20,21)22/h3-9H,10H2,1-2H3. The molecule has 0 aromatic heterocycles. The molecule has 1 aliphatic heterocycles. The molecule has 2 rings (SSSR count). The summed E-state index contributed by atoms with van der Waals surface area (Å²) in [6, 6.07) is 3.07. The molecule has 0 fully saturated rings. The molecular formula is C18H15F4NO5. The van der Waals surface area contributed by atoms with Crippen LogP contribution in [-0.2, 0) is 19.1 Å². The van der Waals surface area contributed by atoms with Crippen LogP contribution in [0.5, 0.6) is 5.75 Å². The van der Waals surface area contributed by atoms with Gasteiger partial charge in [-0.25, -0.2) is 14.0 Å². The van der Waals surface area contributed by atoms with Gasteiger partial charge in [0.25, 0.3) is 0 Å². The highest BCUT2D eigenvalue weighted by atomic mass is 19.4. The van der Waals surface area contributed by atoms with E-state index < -0.39 is 36.3 Å². The van der Waals surface area contributed by atoms with E-state index >= 15 is 0 Å². The van der Waals surface area contributed by atoms with Gasteiger partial charge in [0, 0.05) is 18.0 Å². The van der Waals surface area contributed by atoms with Gasteiger partial charge in [0.05, 0.1) is 19.8 Å². The van der Waals surface area contributed by atoms with Gasteiger partial charge in [-0.1, -0.05) is 6.08 Å². The molecule has 0 spiro atoms. The second-order valence-corrected chi connectivity index (χ2v) is 5.33. The van der Waals surface area contributed by atoms with E-state index in [2.05, 4.69) is 9.47 Å². The first-order valence-electron chi connectivity index (χ1n) is 7.72. The average molecular weight is 401 g/mol. The minimum Gasteiger partial charge on any atom is -0.481 e. The summed E-state index contributed by atoms with van der Waals surface area (Å²) in [4.78, 5) is 25.4. The molecule has 0 radical (unpaired) electrons. The Morgan fingerprint density at radius 2 is 1.75 bits per heavy atom. The largest absolute Gasteiger partial charge is 0.481 e. The summed E-state index contributed by atoms with van der Waals surface area (Å²) in [7, 11) is 2.21. The fourth-order valence-corrected chi connectivity index (χ4v) is 2.28. The van der Waals surface area contributed by atoms with Crippen molar-refractivity contribution >= 4 is 17.6 Å². The second-order valence-electron chi connectivity index (χ2n) is 5.33. The lowest BCUT2D eigenvalue weighted by Crippen LogP contribution is -2.27. The van der Waals surface area contributed by atoms with Gasteiger partial charge in [0.15, 0.2) is 18.2 Å². The Kier molecular flexibility index (Phi) is 6.45. The summed E-state index contributed by atoms with van der Waals surface area (Å²) in [5.74, 6) is -3.45. The van der Waals surface area contributed by atoms with E-state index in [1.165, 1.54) is 30.5 Å². The normalized spacial score (nSPS) is 14.0. The Morgan fingerprint density at radius 1 is 1.07 bits per heavy atom. The molecule has 6 nitrogen and oxygen atoms in total. The van der Waals surface area contributed by atoms with Gasteiger partial charge in [-0.2, -0.15) is 13.2 Å². The first-order valence-corrected chi connectivity index (χ1v) is 7.72. The first-order chi connectivity index (χ1) is 13.2. The maximum absolute atomic E-state index is 14.2. The highest BCUT2D eigenvalue weighted by Gasteiger charge is 2.30. The predicted octanol–water partition coefficient (Wildman–Crippen LogP) is 3.26. The maximum Gasteiger partial charge on any atom is 0.422 e. The zero-order valence-corrected chi connectivity index (χ0v) is 14.7. The molecule has 0 amide bonds. The van der Waals surface area contributed by atoms with Gasteiger partial charge in [-0.15, -0.1) is 0 Å². The molecule has 0 unspecified atom stereocenters. The van der Waals surface area contributed by atoms with Crippen LogP contribution in [0.25, 0.3) is 0 Å². The lowest BCUT2D eigenvalue weighted by molar-refractivity contribution is -0.153. The van der Waals surface area contributed by atoms with Crippen LogP contribution < -0.4 is 9.64 Å². The van der Waals surface area contributed by atoms with Gasteiger partial charge < -0.3 is 19.1 Å². The molecule has 150 valence electrons. The topological polar surface area (TPSA) is 65.1 Å². The Bertz CT molecular complexity index is 858. The van der Waals surface area contributed by atoms with Crippen LogP contribution in [-0.4, -0.2) is 38.9 Å². The fraction of sp³-hybridized carbons (Fsp3) is 0.222. The number of alkyl halides is 3. The minimum absolute atomic E-state index is 0.0404. The van der Waals surface area contributed by atoms with Crippen LogP contribution in [0.15, 0.2) is 53.9 Å². The van der Waals surface area contributed by atoms with Crippen molar-refractivity contribution in [1.82, 2.24) is 0 Å². The third kappa shape index (κ3) is 4.90. The third-order valence-electron chi connectivity index (χ3n) is 3.47. The zero-order valence-electron chi connectivity index (χ0n) is 14.7. The number of ether oxygens (including phenoxy) is 3. The molecule has 10 heteroatoms. The van der Waals surface area contributed by atoms with E-state index in [0.29, 0.717) is 0 Å². The molecule has 1 heterocycles. The maximum atomic E-state index is 14.2. The number of nitrogens with zero attached hydrogens (tertiary/aromatic N) is 1. The van der Waals surface area contributed by atoms with Crippen molar-refractivity contribution in [3.8, 4) is 5.75 Å². The van der Waals surface area contributed by atoms with Crippen LogP contribution >= 0.6 is 0 Å². The number of hydrogen-bond donors (Lipinski definition) is 0. The molecule has 0 bridgehead atoms. The molecule has 0 N–H and O–H groups in total. The quantitative estimate of drug-likeness (QED) is 0.558. The van der Waals surface area contributed by atoms with Crippen molar-refractivity contribution in [1.29, 1.82) is 0 Å². The van der Waals surface area contributed by atoms with Gasteiger partial charge in [-0.05, 0) is 24.3 Å². The third-order valence-corrected chi connectivity index (χ3v) is 3.47. The molecule has 28 heavy (non-hydrogen) atoms. The summed E-state index contributed by atoms with van der Waals surface area (Å²) in [5, 5.41) is 0. The second kappa shape index (κ2) is 8.59. The molecule has 0 saturated heterocycles. The van der Waals surface area contributed by atoms with Crippen molar-refractivity contribution in [2.45, 2.75) is 6.18 Å². The van der Waals surface area contributed by atoms with Crippen molar-refractivity contribution in [3.63, 3.8) is 0 Å². The summed E-state index contributed by atoms with van der Waals surface area (Å²) >= 11 is 0. The van der Waals surface area contributed by atoms with Gasteiger partial charge in [0.2, 0.25) is 0 Å². The molecule has 0 aliphatic carbocycles. The lowest BCUT2D eigenvalue weighted by Gasteiger charge is -2.23. The van der Waals surface area contributed by atoms with Crippen molar-refractivity contribution in [3.05, 3.63) is 59.7 Å². The van der Waals surface area contributed by atoms with Crippen molar-refractivity contribution in [2.24, 2.45) is 0 Å². The smallest absolute Gasteiger partial charge is 0.422 e. The number of hydrogen-bond acceptors (Lipinski definition) is 6. The molecule has 0 saturated carbocycles. The number of benzene rings is 1. The fourth-order valence-electron chi connectivity index (χ4n) is 2.28. The van der Waals surface area contributed by atoms with E-state index in [0.717, 1.165) is 31.3 Å². The van der Waals surface area contributed by atoms with Crippen molar-refractivity contribution in [2.75, 3.05) is 25.7 Å². The Morgan fingerprint density at radius 3 is 2.32 bits per heavy atom. The number of methoxy groups -OCH3 is 2. The monoisotopic (exact) mass is 401 g/mol. The van der Waals surface area contributed by atoms with Crippen LogP contribution in [0.2, 0.25) is 0 Å². The lowest BCUT2D eigenvalue weighted by atomic mass is 10.1. The molecule has 1 aromatic rings. The zero-order chi connectivity index (χ0) is 20.9. The number of allylic oxidation sites excluding steroid dienone is 2. The van der Waals surface area contributed by atoms with E-state index in [4.69, 9.17) is 4.74 Å². The highest BCUT2D eigenvalue weighted by Crippen LogP contribution is 2.30. The summed E-state index contributed by atoms with van der Waals surface area (Å²) in [5.41, 5.74) is -0.376. The van der Waals surface area contributed by atoms with Gasteiger partial charge in [-0.3, -0.25) is 0 Å². The number of halogens is 4. The van der Waals surface area contributed by atoms with Crippen LogP contribution in [0.4, 0.5) is 23.2 Å². The van der Waals surface area contributed by atoms with E-state index in [9.17, 15) is 27.2 Å². The number of esters is 2. The van der Waals surface area contributed by atoms with Crippen molar-refractivity contribution < 1.29 is 41.4 Å². The number of carbonyl (C=O) groups excluding carboxylic acids is 2. The Labute approximate surface area is 157 Å². The van der Waals surface area contributed by atoms with E-state index in [1.54, 1.807) is 0 Å². The Hall–Kier alpha value is -3.30. The Balaban J connectivity index is 2.47. The summed E-state index contributed by atoms with van der Waals surface area (Å²) in [6.07, 6.45) is 0.952. The van der Waals surface area contributed by atoms with E-state index in [1.807, 2.05) is 0 Å². The molecule has 0 atom stereocenters. The average Bonchev–Trinajstić information content (AvgIpc) is 2.88. The predicted molar refractivity (Wildman–Crippen MR) is 89.8 cm³/mol. The van der Waals surface area contributed by atoms with Gasteiger partial charge >= 0.3 is 18.1 Å². The molecule has 1 aromatic carbocycles. The summed E-state index contributed by atoms with van der Waals surface area (Å²) in [6.45, 7) is -1.66. The molecule has 1 aliphatic rings. The minimum atomic E-state index is -4.62. The SMILES string of the molecule is COC(=O)C1=C(C(=O)OC)N(c2ccc(OCC(F)(F)F)c(F)c2)C=CC=C1.